The first-order valence-electron chi connectivity index (χ1n) is 5.48. The summed E-state index contributed by atoms with van der Waals surface area (Å²) in [5.74, 6) is 1.34. The largest absolute Gasteiger partial charge is 0.457 e. The molecular formula is C13H11N3O2. The van der Waals surface area contributed by atoms with Crippen molar-refractivity contribution in [2.24, 2.45) is 5.73 Å². The summed E-state index contributed by atoms with van der Waals surface area (Å²) < 4.78 is 11.1. The van der Waals surface area contributed by atoms with Crippen LogP contribution >= 0.6 is 0 Å². The van der Waals surface area contributed by atoms with Crippen LogP contribution in [0.2, 0.25) is 0 Å². The molecule has 1 atom stereocenters. The van der Waals surface area contributed by atoms with E-state index in [4.69, 9.17) is 15.2 Å². The van der Waals surface area contributed by atoms with Gasteiger partial charge in [0.15, 0.2) is 5.57 Å². The van der Waals surface area contributed by atoms with E-state index in [1.165, 1.54) is 0 Å². The number of nitrogens with two attached hydrogens (primary N) is 1. The Morgan fingerprint density at radius 3 is 2.89 bits per heavy atom. The minimum absolute atomic E-state index is 0.0674. The summed E-state index contributed by atoms with van der Waals surface area (Å²) in [6.07, 6.45) is 1.71. The van der Waals surface area contributed by atoms with Gasteiger partial charge in [0.2, 0.25) is 11.6 Å². The minimum atomic E-state index is -1.05. The molecule has 0 amide bonds. The Hall–Kier alpha value is -2.61. The highest BCUT2D eigenvalue weighted by molar-refractivity contribution is 5.67. The molecule has 2 aliphatic heterocycles. The normalized spacial score (nSPS) is 24.6. The maximum Gasteiger partial charge on any atom is 0.245 e. The summed E-state index contributed by atoms with van der Waals surface area (Å²) in [4.78, 5) is 0. The molecule has 0 saturated carbocycles. The molecule has 0 radical (unpaired) electrons. The number of nitrogens with zero attached hydrogens (tertiary/aromatic N) is 1. The van der Waals surface area contributed by atoms with Gasteiger partial charge < -0.3 is 20.5 Å². The summed E-state index contributed by atoms with van der Waals surface area (Å²) >= 11 is 0. The van der Waals surface area contributed by atoms with Crippen molar-refractivity contribution in [2.45, 2.75) is 12.6 Å². The van der Waals surface area contributed by atoms with E-state index < -0.39 is 5.72 Å². The second-order valence-corrected chi connectivity index (χ2v) is 4.17. The Morgan fingerprint density at radius 2 is 2.17 bits per heavy atom. The number of benzene rings is 1. The smallest absolute Gasteiger partial charge is 0.245 e. The third kappa shape index (κ3) is 1.32. The topological polar surface area (TPSA) is 80.3 Å². The Labute approximate surface area is 104 Å². The van der Waals surface area contributed by atoms with Crippen molar-refractivity contribution in [1.82, 2.24) is 0 Å². The van der Waals surface area contributed by atoms with Gasteiger partial charge in [-0.05, 0) is 19.1 Å². The molecule has 0 aromatic heterocycles. The van der Waals surface area contributed by atoms with Gasteiger partial charge in [0, 0.05) is 6.08 Å². The van der Waals surface area contributed by atoms with Crippen LogP contribution in [0.25, 0.3) is 0 Å². The highest BCUT2D eigenvalue weighted by Crippen LogP contribution is 2.42. The first-order valence-corrected chi connectivity index (χ1v) is 5.48. The zero-order valence-electron chi connectivity index (χ0n) is 9.73. The minimum Gasteiger partial charge on any atom is -0.457 e. The lowest BCUT2D eigenvalue weighted by molar-refractivity contribution is 0.175. The summed E-state index contributed by atoms with van der Waals surface area (Å²) in [6, 6.07) is 9.52. The number of anilines is 1. The molecule has 2 heterocycles. The van der Waals surface area contributed by atoms with Crippen LogP contribution < -0.4 is 15.8 Å². The van der Waals surface area contributed by atoms with Gasteiger partial charge in [-0.15, -0.1) is 0 Å². The number of nitrogens with one attached hydrogen (secondary N) is 1. The number of para-hydroxylation sites is 2. The zero-order chi connectivity index (χ0) is 12.8. The van der Waals surface area contributed by atoms with Gasteiger partial charge in [0.05, 0.1) is 5.69 Å². The number of nitriles is 1. The predicted octanol–water partition coefficient (Wildman–Crippen LogP) is 1.82. The first kappa shape index (κ1) is 10.5. The number of hydrogen-bond acceptors (Lipinski definition) is 5. The van der Waals surface area contributed by atoms with Crippen LogP contribution in [-0.2, 0) is 4.74 Å². The van der Waals surface area contributed by atoms with Crippen LogP contribution in [0.15, 0.2) is 47.6 Å². The molecule has 0 saturated heterocycles. The molecule has 90 valence electrons. The van der Waals surface area contributed by atoms with Crippen molar-refractivity contribution in [3.05, 3.63) is 47.6 Å². The van der Waals surface area contributed by atoms with Gasteiger partial charge in [-0.3, -0.25) is 0 Å². The van der Waals surface area contributed by atoms with E-state index in [0.29, 0.717) is 11.5 Å². The molecule has 0 unspecified atom stereocenters. The molecule has 3 N–H and O–H groups in total. The molecule has 1 aromatic rings. The predicted molar refractivity (Wildman–Crippen MR) is 65.1 cm³/mol. The number of allylic oxidation sites excluding steroid dienone is 1. The van der Waals surface area contributed by atoms with Crippen molar-refractivity contribution in [3.8, 4) is 11.8 Å². The summed E-state index contributed by atoms with van der Waals surface area (Å²) in [5, 5.41) is 12.4. The van der Waals surface area contributed by atoms with Crippen molar-refractivity contribution >= 4 is 5.69 Å². The second kappa shape index (κ2) is 3.44. The van der Waals surface area contributed by atoms with Crippen LogP contribution in [-0.4, -0.2) is 5.72 Å². The Kier molecular flexibility index (Phi) is 2.01. The summed E-state index contributed by atoms with van der Waals surface area (Å²) in [7, 11) is 0. The quantitative estimate of drug-likeness (QED) is 0.724. The van der Waals surface area contributed by atoms with E-state index in [2.05, 4.69) is 5.32 Å². The molecule has 1 aromatic carbocycles. The van der Waals surface area contributed by atoms with Crippen LogP contribution in [0.5, 0.6) is 5.75 Å². The molecule has 5 nitrogen and oxygen atoms in total. The molecular weight excluding hydrogens is 230 g/mol. The van der Waals surface area contributed by atoms with Crippen LogP contribution in [0.3, 0.4) is 0 Å². The van der Waals surface area contributed by atoms with Crippen LogP contribution in [0, 0.1) is 11.3 Å². The molecule has 3 rings (SSSR count). The van der Waals surface area contributed by atoms with E-state index in [0.717, 1.165) is 5.69 Å². The number of hydrogen-bond donors (Lipinski definition) is 2. The van der Waals surface area contributed by atoms with Gasteiger partial charge in [0.1, 0.15) is 17.6 Å². The van der Waals surface area contributed by atoms with Gasteiger partial charge >= 0.3 is 0 Å². The lowest BCUT2D eigenvalue weighted by Gasteiger charge is -2.30. The lowest BCUT2D eigenvalue weighted by Crippen LogP contribution is -2.44. The highest BCUT2D eigenvalue weighted by Gasteiger charge is 2.45. The lowest BCUT2D eigenvalue weighted by atomic mass is 10.0. The van der Waals surface area contributed by atoms with Gasteiger partial charge in [-0.2, -0.15) is 5.26 Å². The van der Waals surface area contributed by atoms with E-state index in [9.17, 15) is 5.26 Å². The van der Waals surface area contributed by atoms with E-state index in [1.54, 1.807) is 13.0 Å². The fourth-order valence-electron chi connectivity index (χ4n) is 2.17. The first-order chi connectivity index (χ1) is 8.64. The molecule has 1 spiro atoms. The maximum absolute atomic E-state index is 9.24. The van der Waals surface area contributed by atoms with Crippen LogP contribution in [0.1, 0.15) is 6.92 Å². The molecule has 2 aliphatic rings. The van der Waals surface area contributed by atoms with Crippen molar-refractivity contribution in [2.75, 3.05) is 5.32 Å². The molecule has 18 heavy (non-hydrogen) atoms. The Balaban J connectivity index is 2.12. The van der Waals surface area contributed by atoms with Crippen molar-refractivity contribution < 1.29 is 9.47 Å². The fraction of sp³-hybridized carbons (Fsp3) is 0.154. The van der Waals surface area contributed by atoms with E-state index in [-0.39, 0.29) is 11.5 Å². The van der Waals surface area contributed by atoms with Crippen LogP contribution in [0.4, 0.5) is 5.69 Å². The van der Waals surface area contributed by atoms with Gasteiger partial charge in [0.25, 0.3) is 0 Å². The fourth-order valence-corrected chi connectivity index (χ4v) is 2.17. The standard InChI is InChI=1S/C13H11N3O2/c1-8-6-13(9(7-14)12(15)17-8)16-10-4-2-3-5-11(10)18-13/h2-6,16H,15H2,1H3/t13-/m0/s1. The third-order valence-corrected chi connectivity index (χ3v) is 2.89. The molecule has 5 heteroatoms. The number of rotatable bonds is 0. The average molecular weight is 241 g/mol. The van der Waals surface area contributed by atoms with Crippen molar-refractivity contribution in [1.29, 1.82) is 5.26 Å². The Bertz CT molecular complexity index is 600. The van der Waals surface area contributed by atoms with Gasteiger partial charge in [-0.1, -0.05) is 12.1 Å². The van der Waals surface area contributed by atoms with E-state index in [1.807, 2.05) is 30.3 Å². The average Bonchev–Trinajstić information content (AvgIpc) is 2.66. The SMILES string of the molecule is CC1=C[C@@]2(Nc3ccccc3O2)C(C#N)=C(N)O1. The monoisotopic (exact) mass is 241 g/mol. The number of ether oxygens (including phenoxy) is 2. The highest BCUT2D eigenvalue weighted by atomic mass is 16.5. The second-order valence-electron chi connectivity index (χ2n) is 4.17. The number of fused-ring (bicyclic) bond motifs is 1. The molecule has 0 aliphatic carbocycles. The zero-order valence-corrected chi connectivity index (χ0v) is 9.73. The summed E-state index contributed by atoms with van der Waals surface area (Å²) in [6.45, 7) is 1.76. The van der Waals surface area contributed by atoms with Gasteiger partial charge in [-0.25, -0.2) is 0 Å². The maximum atomic E-state index is 9.24. The molecule has 0 fully saturated rings. The Morgan fingerprint density at radius 1 is 1.39 bits per heavy atom. The molecule has 0 bridgehead atoms. The summed E-state index contributed by atoms with van der Waals surface area (Å²) in [5.41, 5.74) is 5.74. The van der Waals surface area contributed by atoms with E-state index >= 15 is 0 Å². The third-order valence-electron chi connectivity index (χ3n) is 2.89. The van der Waals surface area contributed by atoms with Crippen molar-refractivity contribution in [3.63, 3.8) is 0 Å².